The van der Waals surface area contributed by atoms with E-state index >= 15 is 0 Å². The number of hydrogen-bond acceptors (Lipinski definition) is 3. The molecular formula is C23H23ClN2O2. The minimum absolute atomic E-state index is 0.0422. The molecule has 0 unspecified atom stereocenters. The summed E-state index contributed by atoms with van der Waals surface area (Å²) >= 11 is 6.12. The van der Waals surface area contributed by atoms with Crippen LogP contribution in [-0.4, -0.2) is 30.2 Å². The van der Waals surface area contributed by atoms with E-state index in [4.69, 9.17) is 11.6 Å². The van der Waals surface area contributed by atoms with Crippen molar-refractivity contribution in [3.8, 4) is 0 Å². The fourth-order valence-electron chi connectivity index (χ4n) is 6.11. The lowest BCUT2D eigenvalue weighted by atomic mass is 9.54. The third-order valence-corrected chi connectivity index (χ3v) is 7.41. The molecule has 0 bridgehead atoms. The van der Waals surface area contributed by atoms with Gasteiger partial charge in [0.2, 0.25) is 0 Å². The molecule has 144 valence electrons. The number of para-hydroxylation sites is 1. The van der Waals surface area contributed by atoms with Gasteiger partial charge in [-0.25, -0.2) is 0 Å². The first-order valence-corrected chi connectivity index (χ1v) is 10.3. The number of amides is 1. The number of nitrogens with zero attached hydrogens (tertiary/aromatic N) is 1. The zero-order chi connectivity index (χ0) is 19.5. The molecular weight excluding hydrogens is 372 g/mol. The lowest BCUT2D eigenvalue weighted by Crippen LogP contribution is -2.59. The van der Waals surface area contributed by atoms with E-state index in [1.807, 2.05) is 55.6 Å². The van der Waals surface area contributed by atoms with E-state index in [2.05, 4.69) is 10.2 Å². The van der Waals surface area contributed by atoms with Gasteiger partial charge in [0.1, 0.15) is 11.3 Å². The number of nitrogens with one attached hydrogen (secondary N) is 1. The highest BCUT2D eigenvalue weighted by Gasteiger charge is 2.73. The fraction of sp³-hybridized carbons (Fsp3) is 0.391. The Morgan fingerprint density at radius 3 is 2.57 bits per heavy atom. The Morgan fingerprint density at radius 2 is 1.82 bits per heavy atom. The molecule has 28 heavy (non-hydrogen) atoms. The smallest absolute Gasteiger partial charge is 0.250 e. The van der Waals surface area contributed by atoms with Gasteiger partial charge in [-0.3, -0.25) is 14.5 Å². The van der Waals surface area contributed by atoms with Crippen LogP contribution in [0.5, 0.6) is 0 Å². The molecule has 3 aliphatic rings. The highest BCUT2D eigenvalue weighted by molar-refractivity contribution is 6.30. The van der Waals surface area contributed by atoms with Crippen LogP contribution >= 0.6 is 11.6 Å². The predicted molar refractivity (Wildman–Crippen MR) is 109 cm³/mol. The molecule has 2 spiro atoms. The van der Waals surface area contributed by atoms with Crippen molar-refractivity contribution in [3.05, 3.63) is 64.7 Å². The Kier molecular flexibility index (Phi) is 3.94. The summed E-state index contributed by atoms with van der Waals surface area (Å²) in [6.07, 6.45) is 3.12. The van der Waals surface area contributed by atoms with Crippen molar-refractivity contribution in [1.29, 1.82) is 0 Å². The Labute approximate surface area is 169 Å². The molecule has 1 aliphatic carbocycles. The van der Waals surface area contributed by atoms with Crippen molar-refractivity contribution in [2.75, 3.05) is 18.9 Å². The third kappa shape index (κ3) is 2.05. The SMILES string of the molecule is CN1C[C@@H](c2ccc(Cl)cc2)[C@@]2(CCCCC2=O)[C@@]12C(=O)Nc1ccccc12. The van der Waals surface area contributed by atoms with E-state index in [1.165, 1.54) is 0 Å². The van der Waals surface area contributed by atoms with Crippen molar-refractivity contribution >= 4 is 29.0 Å². The molecule has 3 atom stereocenters. The van der Waals surface area contributed by atoms with Crippen molar-refractivity contribution in [2.24, 2.45) is 5.41 Å². The summed E-state index contributed by atoms with van der Waals surface area (Å²) in [6.45, 7) is 0.662. The maximum atomic E-state index is 13.7. The average molecular weight is 395 g/mol. The molecule has 1 saturated carbocycles. The van der Waals surface area contributed by atoms with Crippen LogP contribution in [0.2, 0.25) is 5.02 Å². The van der Waals surface area contributed by atoms with Gasteiger partial charge >= 0.3 is 0 Å². The second kappa shape index (κ2) is 6.16. The average Bonchev–Trinajstić information content (AvgIpc) is 3.14. The number of hydrogen-bond donors (Lipinski definition) is 1. The van der Waals surface area contributed by atoms with Crippen LogP contribution in [0.25, 0.3) is 0 Å². The van der Waals surface area contributed by atoms with Crippen LogP contribution in [0.3, 0.4) is 0 Å². The molecule has 1 N–H and O–H groups in total. The summed E-state index contributed by atoms with van der Waals surface area (Å²) in [5, 5.41) is 3.76. The molecule has 0 aromatic heterocycles. The Balaban J connectivity index is 1.79. The van der Waals surface area contributed by atoms with Gasteiger partial charge < -0.3 is 5.32 Å². The van der Waals surface area contributed by atoms with Crippen LogP contribution in [0, 0.1) is 5.41 Å². The molecule has 0 radical (unpaired) electrons. The van der Waals surface area contributed by atoms with Crippen molar-refractivity contribution in [3.63, 3.8) is 0 Å². The summed E-state index contributed by atoms with van der Waals surface area (Å²) < 4.78 is 0. The molecule has 2 aliphatic heterocycles. The van der Waals surface area contributed by atoms with E-state index in [0.29, 0.717) is 18.0 Å². The fourth-order valence-corrected chi connectivity index (χ4v) is 6.24. The Bertz CT molecular complexity index is 973. The highest BCUT2D eigenvalue weighted by Crippen LogP contribution is 2.65. The molecule has 2 aromatic carbocycles. The van der Waals surface area contributed by atoms with Gasteiger partial charge in [-0.05, 0) is 43.7 Å². The van der Waals surface area contributed by atoms with E-state index in [9.17, 15) is 9.59 Å². The zero-order valence-corrected chi connectivity index (χ0v) is 16.6. The number of likely N-dealkylation sites (tertiary alicyclic amines) is 1. The van der Waals surface area contributed by atoms with Crippen LogP contribution in [0.15, 0.2) is 48.5 Å². The second-order valence-corrected chi connectivity index (χ2v) is 8.73. The van der Waals surface area contributed by atoms with Crippen molar-refractivity contribution < 1.29 is 9.59 Å². The lowest BCUT2D eigenvalue weighted by Gasteiger charge is -2.48. The number of anilines is 1. The molecule has 2 fully saturated rings. The minimum atomic E-state index is -0.953. The van der Waals surface area contributed by atoms with E-state index in [-0.39, 0.29) is 17.6 Å². The number of carbonyl (C=O) groups is 2. The first-order valence-electron chi connectivity index (χ1n) is 9.93. The van der Waals surface area contributed by atoms with Crippen molar-refractivity contribution in [1.82, 2.24) is 4.90 Å². The number of ketones is 1. The molecule has 5 rings (SSSR count). The summed E-state index contributed by atoms with van der Waals surface area (Å²) in [4.78, 5) is 29.4. The van der Waals surface area contributed by atoms with Crippen molar-refractivity contribution in [2.45, 2.75) is 37.1 Å². The van der Waals surface area contributed by atoms with Gasteiger partial charge in [0, 0.05) is 35.2 Å². The highest BCUT2D eigenvalue weighted by atomic mass is 35.5. The first kappa shape index (κ1) is 17.9. The maximum Gasteiger partial charge on any atom is 0.250 e. The van der Waals surface area contributed by atoms with E-state index < -0.39 is 11.0 Å². The number of fused-ring (bicyclic) bond motifs is 3. The molecule has 1 saturated heterocycles. The van der Waals surface area contributed by atoms with Gasteiger partial charge in [-0.1, -0.05) is 48.4 Å². The zero-order valence-electron chi connectivity index (χ0n) is 15.9. The summed E-state index contributed by atoms with van der Waals surface area (Å²) in [5.74, 6) is 0.109. The maximum absolute atomic E-state index is 13.7. The summed E-state index contributed by atoms with van der Waals surface area (Å²) in [6, 6.07) is 15.6. The summed E-state index contributed by atoms with van der Waals surface area (Å²) in [7, 11) is 1.99. The number of halogens is 1. The van der Waals surface area contributed by atoms with Gasteiger partial charge in [-0.15, -0.1) is 0 Å². The third-order valence-electron chi connectivity index (χ3n) is 7.16. The predicted octanol–water partition coefficient (Wildman–Crippen LogP) is 4.35. The number of benzene rings is 2. The number of carbonyl (C=O) groups excluding carboxylic acids is 2. The van der Waals surface area contributed by atoms with E-state index in [1.54, 1.807) is 0 Å². The Hall–Kier alpha value is -2.17. The van der Waals surface area contributed by atoms with Crippen LogP contribution < -0.4 is 5.32 Å². The molecule has 2 heterocycles. The van der Waals surface area contributed by atoms with Gasteiger partial charge in [-0.2, -0.15) is 0 Å². The topological polar surface area (TPSA) is 49.4 Å². The van der Waals surface area contributed by atoms with Crippen LogP contribution in [-0.2, 0) is 15.1 Å². The Morgan fingerprint density at radius 1 is 1.07 bits per heavy atom. The normalized spacial score (nSPS) is 32.1. The molecule has 1 amide bonds. The van der Waals surface area contributed by atoms with E-state index in [0.717, 1.165) is 36.1 Å². The largest absolute Gasteiger partial charge is 0.324 e. The number of Topliss-reactive ketones (excluding diaryl/α,β-unsaturated/α-hetero) is 1. The standard InChI is InChI=1S/C23H23ClN2O2/c1-26-14-18(15-9-11-16(24)12-10-15)22(13-5-4-8-20(22)27)23(26)17-6-2-3-7-19(17)25-21(23)28/h2-3,6-7,9-12,18H,4-5,8,13-14H2,1H3,(H,25,28)/t18-,22+,23+/m0/s1. The quantitative estimate of drug-likeness (QED) is 0.782. The monoisotopic (exact) mass is 394 g/mol. The first-order chi connectivity index (χ1) is 13.5. The van der Waals surface area contributed by atoms with Gasteiger partial charge in [0.05, 0.1) is 5.41 Å². The van der Waals surface area contributed by atoms with Gasteiger partial charge in [0.25, 0.3) is 5.91 Å². The minimum Gasteiger partial charge on any atom is -0.324 e. The van der Waals surface area contributed by atoms with Crippen LogP contribution in [0.4, 0.5) is 5.69 Å². The summed E-state index contributed by atoms with van der Waals surface area (Å²) in [5.41, 5.74) is 1.14. The molecule has 4 nitrogen and oxygen atoms in total. The second-order valence-electron chi connectivity index (χ2n) is 8.30. The number of likely N-dealkylation sites (N-methyl/N-ethyl adjacent to an activating group) is 1. The van der Waals surface area contributed by atoms with Crippen LogP contribution in [0.1, 0.15) is 42.7 Å². The van der Waals surface area contributed by atoms with Gasteiger partial charge in [0.15, 0.2) is 0 Å². The molecule has 5 heteroatoms. The molecule has 2 aromatic rings. The lowest BCUT2D eigenvalue weighted by molar-refractivity contribution is -0.148. The number of rotatable bonds is 1.